The third kappa shape index (κ3) is 29.4. The number of aryl methyl sites for hydroxylation is 4. The molecule has 14 aromatic rings. The average Bonchev–Trinajstić information content (AvgIpc) is 1.67. The Hall–Kier alpha value is -18.0. The van der Waals surface area contributed by atoms with Gasteiger partial charge in [-0.3, -0.25) is 45.6 Å². The molecular weight excluding hydrogens is 1990 g/mol. The van der Waals surface area contributed by atoms with Gasteiger partial charge in [0.05, 0.1) is 138 Å². The Balaban J connectivity index is 0.000000183. The van der Waals surface area contributed by atoms with Gasteiger partial charge in [-0.15, -0.1) is 20.4 Å². The number of hydrogen-bond acceptors (Lipinski definition) is 41. The number of aliphatic hydroxyl groups is 1. The van der Waals surface area contributed by atoms with Crippen LogP contribution >= 0.6 is 11.6 Å². The number of primary amides is 1. The number of carbonyl (C=O) groups excluding carboxylic acids is 11. The molecule has 149 heavy (non-hydrogen) atoms. The highest BCUT2D eigenvalue weighted by Crippen LogP contribution is 2.35. The molecule has 0 spiro atoms. The van der Waals surface area contributed by atoms with Gasteiger partial charge in [0.1, 0.15) is 56.9 Å². The number of aromatic amines is 1. The van der Waals surface area contributed by atoms with E-state index in [1.165, 1.54) is 109 Å². The van der Waals surface area contributed by atoms with Gasteiger partial charge < -0.3 is 93.6 Å². The molecule has 53 nitrogen and oxygen atoms in total. The van der Waals surface area contributed by atoms with Gasteiger partial charge in [0, 0.05) is 129 Å². The Bertz CT molecular complexity index is 7290. The molecule has 0 aliphatic carbocycles. The minimum atomic E-state index is -4.70. The fourth-order valence-corrected chi connectivity index (χ4v) is 14.0. The van der Waals surface area contributed by atoms with E-state index in [9.17, 15) is 75.8 Å². The molecule has 17 rings (SSSR count). The van der Waals surface area contributed by atoms with Crippen LogP contribution in [0.25, 0.3) is 67.6 Å². The molecule has 6 amide bonds. The van der Waals surface area contributed by atoms with Crippen molar-refractivity contribution >= 4 is 141 Å². The lowest BCUT2D eigenvalue weighted by Gasteiger charge is -2.28. The summed E-state index contributed by atoms with van der Waals surface area (Å²) in [6.07, 6.45) is 6.47. The molecule has 3 fully saturated rings. The quantitative estimate of drug-likeness (QED) is 0.0166. The summed E-state index contributed by atoms with van der Waals surface area (Å²) in [5.41, 5.74) is 12.7. The number of aliphatic hydroxyl groups excluding tert-OH is 1. The second-order valence-corrected chi connectivity index (χ2v) is 31.2. The number of alkyl halides is 3. The van der Waals surface area contributed by atoms with Crippen LogP contribution < -0.4 is 58.8 Å². The van der Waals surface area contributed by atoms with Crippen LogP contribution in [0.15, 0.2) is 127 Å². The van der Waals surface area contributed by atoms with Gasteiger partial charge in [-0.25, -0.2) is 101 Å². The van der Waals surface area contributed by atoms with Crippen molar-refractivity contribution in [3.63, 3.8) is 0 Å². The molecule has 14 aromatic heterocycles. The first kappa shape index (κ1) is 113. The van der Waals surface area contributed by atoms with Crippen molar-refractivity contribution in [1.29, 1.82) is 0 Å². The fourth-order valence-electron chi connectivity index (χ4n) is 13.8. The van der Waals surface area contributed by atoms with E-state index in [4.69, 9.17) is 56.8 Å². The highest BCUT2D eigenvalue weighted by atomic mass is 35.5. The van der Waals surface area contributed by atoms with Crippen molar-refractivity contribution in [3.05, 3.63) is 205 Å². The number of nitrogens with one attached hydrogen (secondary N) is 7. The van der Waals surface area contributed by atoms with Crippen LogP contribution in [-0.4, -0.2) is 303 Å². The molecule has 0 unspecified atom stereocenters. The van der Waals surface area contributed by atoms with Crippen LogP contribution in [0.3, 0.4) is 0 Å². The van der Waals surface area contributed by atoms with Gasteiger partial charge in [0.25, 0.3) is 11.5 Å². The van der Waals surface area contributed by atoms with Crippen LogP contribution in [0.5, 0.6) is 0 Å². The summed E-state index contributed by atoms with van der Waals surface area (Å²) in [7, 11) is 11.3. The number of rotatable bonds is 18. The highest BCUT2D eigenvalue weighted by molar-refractivity contribution is 6.32. The topological polar surface area (TPSA) is 660 Å². The molecule has 0 aromatic carbocycles. The maximum absolute atomic E-state index is 12.5. The smallest absolute Gasteiger partial charge is 0.417 e. The normalized spacial score (nSPS) is 12.4. The number of ether oxygens (including phenoxy) is 12. The number of aromatic nitrogens is 18. The number of nitrogen functional groups attached to an aromatic ring is 1. The van der Waals surface area contributed by atoms with Crippen molar-refractivity contribution in [2.45, 2.75) is 47.9 Å². The predicted molar refractivity (Wildman–Crippen MR) is 527 cm³/mol. The molecule has 3 aliphatic heterocycles. The third-order valence-electron chi connectivity index (χ3n) is 21.1. The van der Waals surface area contributed by atoms with Crippen LogP contribution in [0, 0.1) is 27.7 Å². The summed E-state index contributed by atoms with van der Waals surface area (Å²) in [4.78, 5) is 177. The van der Waals surface area contributed by atoms with Crippen molar-refractivity contribution in [2.24, 2.45) is 5.73 Å². The number of nitrogens with zero attached hydrogens (tertiary/aromatic N) is 19. The van der Waals surface area contributed by atoms with E-state index in [1.54, 1.807) is 77.1 Å². The molecule has 0 radical (unpaired) electrons. The van der Waals surface area contributed by atoms with Crippen molar-refractivity contribution in [3.8, 4) is 45.6 Å². The zero-order valence-corrected chi connectivity index (χ0v) is 82.0. The Labute approximate surface area is 847 Å². The predicted octanol–water partition coefficient (Wildman–Crippen LogP) is 9.00. The number of anilines is 7. The second kappa shape index (κ2) is 52.5. The first-order valence-corrected chi connectivity index (χ1v) is 44.0. The Morgan fingerprint density at radius 3 is 1.14 bits per heavy atom. The molecule has 0 bridgehead atoms. The molecule has 0 saturated carbocycles. The summed E-state index contributed by atoms with van der Waals surface area (Å²) in [6.45, 7) is 16.4. The number of methoxy groups -OCH3 is 9. The number of fused-ring (bicyclic) bond motifs is 4. The highest BCUT2D eigenvalue weighted by Gasteiger charge is 2.35. The number of carbonyl (C=O) groups is 11. The summed E-state index contributed by atoms with van der Waals surface area (Å²) in [5, 5.41) is 42.8. The van der Waals surface area contributed by atoms with E-state index in [0.29, 0.717) is 137 Å². The molecule has 3 saturated heterocycles. The maximum atomic E-state index is 12.5. The monoisotopic (exact) mass is 2090 g/mol. The lowest BCUT2D eigenvalue weighted by atomic mass is 10.1. The molecule has 3 aliphatic rings. The fraction of sp³-hybridized carbons (Fsp3) is 0.304. The molecule has 12 N–H and O–H groups in total. The van der Waals surface area contributed by atoms with E-state index in [1.807, 2.05) is 32.2 Å². The first-order valence-electron chi connectivity index (χ1n) is 43.7. The molecular formula is C92H102ClF3N28O25. The number of amides is 6. The van der Waals surface area contributed by atoms with Crippen LogP contribution in [0.4, 0.5) is 77.9 Å². The number of morpholine rings is 3. The van der Waals surface area contributed by atoms with E-state index < -0.39 is 83.1 Å². The minimum absolute atomic E-state index is 0. The Morgan fingerprint density at radius 1 is 0.450 bits per heavy atom. The number of aldehydes is 1. The number of pyridine rings is 5. The van der Waals surface area contributed by atoms with Gasteiger partial charge in [-0.05, 0) is 116 Å². The van der Waals surface area contributed by atoms with Crippen molar-refractivity contribution in [2.75, 3.05) is 185 Å². The summed E-state index contributed by atoms with van der Waals surface area (Å²) < 4.78 is 102. The second-order valence-electron chi connectivity index (χ2n) is 30.9. The van der Waals surface area contributed by atoms with E-state index in [2.05, 4.69) is 125 Å². The maximum Gasteiger partial charge on any atom is 0.417 e. The Kier molecular flexibility index (Phi) is 39.8. The number of hydrogen-bond donors (Lipinski definition) is 10. The van der Waals surface area contributed by atoms with Crippen molar-refractivity contribution < 1.29 is 128 Å². The summed E-state index contributed by atoms with van der Waals surface area (Å²) >= 11 is 6.23. The molecule has 0 atom stereocenters. The number of halogens is 4. The van der Waals surface area contributed by atoms with Crippen LogP contribution in [-0.2, 0) is 69.6 Å². The lowest BCUT2D eigenvalue weighted by molar-refractivity contribution is -0.137. The summed E-state index contributed by atoms with van der Waals surface area (Å²) in [6, 6.07) is 15.1. The molecule has 17 heterocycles. The zero-order chi connectivity index (χ0) is 107. The number of nitrogens with two attached hydrogens (primary N) is 2. The van der Waals surface area contributed by atoms with Gasteiger partial charge in [0.15, 0.2) is 46.4 Å². The first-order chi connectivity index (χ1) is 70.9. The van der Waals surface area contributed by atoms with Gasteiger partial charge in [0.2, 0.25) is 0 Å². The van der Waals surface area contributed by atoms with Crippen LogP contribution in [0.2, 0.25) is 5.15 Å². The van der Waals surface area contributed by atoms with Crippen molar-refractivity contribution in [1.82, 2.24) is 93.3 Å². The zero-order valence-electron chi connectivity index (χ0n) is 81.2. The van der Waals surface area contributed by atoms with Gasteiger partial charge in [-0.2, -0.15) is 13.2 Å². The molecule has 788 valence electrons. The van der Waals surface area contributed by atoms with E-state index >= 15 is 0 Å². The van der Waals surface area contributed by atoms with Gasteiger partial charge >= 0.3 is 60.5 Å². The Morgan fingerprint density at radius 2 is 0.792 bits per heavy atom. The standard InChI is InChI=1S/C20H22N6O5.C19H22N6O4.C16H14ClN5O4.C16H15N5O5.C9H7F3N2O3.C7H9N3O3.C4H9NO.CH4/c1-12-8-16(22-20(28)30-3)21-10-14(12)17-23-18(25-4-6-31-7-5-25)15-9-13(19(27)29-2)11-26(15)24-17;1-12-7-16(21-19(27)28-2)20-9-14(12)17-22-18(24-3-5-29-6-4-24)15-8-13(11-26)10-25(15)23-17;1-8-4-12(19-16(24)26-3)18-6-10(8)14-20-13(17)11-5-9(15(23)25-2)7-22(11)21-14;1-8-4-12(18-16(24)26-3)17-6-10(8)13-19-14(22)11-5-9(15(23)25-2)7-21(11)20-13;1-17-8(16)14-7-2-6(9(10,11)12)5(4-15)3-13-7;1-13-7(12)4-2-5(6(8)11)10(9)3-4;1-3-6-4-2-5-1;/h8-11H,4-7H2,1-3H3,(H,21,22,28);7-10,26H,3-6,11H2,1-2H3,(H,20,21,27);4-7H,1-3H3,(H,18,19,24);4-7H,1-3H3,(H,17,18,24)(H,19,20,22);2-4H,1H3,(H,13,14,16);2-3H,9H2,1H3,(H2,8,11);5H,1-4H2;1H4. The van der Waals surface area contributed by atoms with E-state index in [-0.39, 0.29) is 59.5 Å². The van der Waals surface area contributed by atoms with Gasteiger partial charge in [-0.1, -0.05) is 19.0 Å². The van der Waals surface area contributed by atoms with E-state index in [0.717, 1.165) is 96.5 Å². The average molecular weight is 2090 g/mol. The third-order valence-corrected chi connectivity index (χ3v) is 21.4. The lowest BCUT2D eigenvalue weighted by Crippen LogP contribution is -2.37. The largest absolute Gasteiger partial charge is 0.465 e. The minimum Gasteiger partial charge on any atom is -0.465 e. The van der Waals surface area contributed by atoms with Crippen LogP contribution in [0.1, 0.15) is 103 Å². The SMILES string of the molecule is C.C1COCCN1.COC(=O)Nc1cc(C(F)(F)F)c(C=O)cn1.COC(=O)Nc1cc(C)c(-c2nc(Cl)c3cc(C(=O)OC)cn3n2)cn1.COC(=O)Nc1cc(C)c(-c2nc(N3CCOCC3)c3cc(C(=O)OC)cn3n2)cn1.COC(=O)Nc1cc(C)c(-c2nc(N3CCOCC3)c3cc(CO)cn3n2)cn1.COC(=O)Nc1cc(C)c(-c2nn3cc(C(=O)OC)cc3c(=O)[nH]2)cn1.COC(=O)c1cc(C(N)=O)n(N)c1. The number of esters is 4. The number of H-pyrrole nitrogens is 1. The molecule has 57 heteroatoms. The summed E-state index contributed by atoms with van der Waals surface area (Å²) in [5.74, 6) is 6.62.